The second-order valence-electron chi connectivity index (χ2n) is 6.98. The Balaban J connectivity index is 0.000000978. The molecule has 17 nitrogen and oxygen atoms in total. The number of ether oxygens (including phenoxy) is 2. The highest BCUT2D eigenvalue weighted by atomic mass is 35.5. The number of methoxy groups -OCH3 is 1. The molecule has 1 aromatic heterocycles. The van der Waals surface area contributed by atoms with Gasteiger partial charge in [-0.1, -0.05) is 23.7 Å². The quantitative estimate of drug-likeness (QED) is 0.107. The second-order valence-corrected chi connectivity index (χ2v) is 10.7. The molecule has 0 atom stereocenters. The van der Waals surface area contributed by atoms with Gasteiger partial charge < -0.3 is 29.7 Å². The summed E-state index contributed by atoms with van der Waals surface area (Å²) in [4.78, 5) is 57.2. The van der Waals surface area contributed by atoms with E-state index in [0.717, 1.165) is 0 Å². The minimum Gasteiger partial charge on any atom is -0.481 e. The summed E-state index contributed by atoms with van der Waals surface area (Å²) in [6.45, 7) is 1.21. The first-order chi connectivity index (χ1) is 18.6. The van der Waals surface area contributed by atoms with E-state index in [0.29, 0.717) is 0 Å². The summed E-state index contributed by atoms with van der Waals surface area (Å²) < 4.78 is 46.5. The summed E-state index contributed by atoms with van der Waals surface area (Å²) in [7, 11) is -3.40. The van der Waals surface area contributed by atoms with E-state index >= 15 is 0 Å². The Morgan fingerprint density at radius 1 is 1.12 bits per heavy atom. The van der Waals surface area contributed by atoms with Crippen molar-refractivity contribution in [2.24, 2.45) is 0 Å². The van der Waals surface area contributed by atoms with Crippen molar-refractivity contribution < 1.29 is 51.7 Å². The highest BCUT2D eigenvalue weighted by molar-refractivity contribution is 7.90. The van der Waals surface area contributed by atoms with Crippen LogP contribution >= 0.6 is 19.2 Å². The topological polar surface area (TPSA) is 255 Å². The zero-order valence-corrected chi connectivity index (χ0v) is 24.2. The zero-order chi connectivity index (χ0) is 30.9. The third kappa shape index (κ3) is 15.3. The lowest BCUT2D eigenvalue weighted by Gasteiger charge is -2.11. The molecule has 0 aliphatic heterocycles. The molecule has 0 bridgehead atoms. The van der Waals surface area contributed by atoms with E-state index < -0.39 is 53.3 Å². The van der Waals surface area contributed by atoms with Crippen LogP contribution in [0.1, 0.15) is 17.3 Å². The molecule has 1 heterocycles. The fourth-order valence-electron chi connectivity index (χ4n) is 2.25. The summed E-state index contributed by atoms with van der Waals surface area (Å²) in [6, 6.07) is 5.46. The minimum atomic E-state index is -4.38. The molecule has 0 saturated heterocycles. The number of sulfonamides is 1. The molecule has 2 rings (SSSR count). The number of nitrogens with zero attached hydrogens (tertiary/aromatic N) is 2. The number of carbonyl (C=O) groups excluding carboxylic acids is 2. The number of amides is 2. The molecular formula is C20H30ClN6O11PS. The van der Waals surface area contributed by atoms with Crippen LogP contribution in [0.5, 0.6) is 5.88 Å². The van der Waals surface area contributed by atoms with E-state index in [9.17, 15) is 27.4 Å². The first-order valence-electron chi connectivity index (χ1n) is 10.8. The van der Waals surface area contributed by atoms with Gasteiger partial charge in [0.25, 0.3) is 10.0 Å². The fraction of sp³-hybridized carbons (Fsp3) is 0.350. The van der Waals surface area contributed by atoms with Gasteiger partial charge in [0.15, 0.2) is 0 Å². The van der Waals surface area contributed by atoms with Crippen LogP contribution in [0.15, 0.2) is 35.2 Å². The van der Waals surface area contributed by atoms with Gasteiger partial charge in [-0.15, -0.1) is 0 Å². The maximum absolute atomic E-state index is 12.5. The molecule has 0 fully saturated rings. The average Bonchev–Trinajstić information content (AvgIpc) is 2.83. The van der Waals surface area contributed by atoms with Crippen molar-refractivity contribution in [3.05, 3.63) is 41.0 Å². The summed E-state index contributed by atoms with van der Waals surface area (Å²) >= 11 is 5.75. The standard InChI is InChI=1S/C15H15ClN4O6S.C3H8NO5P.C2H7N/c1-3-26-13(21)9-6-4-5-7-10(9)27(23,24)20-15(22)19-14-17-11(16)8-12(18-14)25-2;5-3(6)1-4-2-10(7,8)9;1-3-2/h4-8H,3H2,1-2H3,(H2,17,18,19,20,22);4H,1-2H2,(H,5,6)(H2,7,8,9);3H,1-2H3. The van der Waals surface area contributed by atoms with E-state index in [2.05, 4.69) is 25.9 Å². The number of carboxylic acid groups (broad SMARTS) is 1. The van der Waals surface area contributed by atoms with Crippen LogP contribution in [-0.2, 0) is 24.1 Å². The van der Waals surface area contributed by atoms with Crippen LogP contribution in [0.3, 0.4) is 0 Å². The van der Waals surface area contributed by atoms with E-state index in [-0.39, 0.29) is 29.2 Å². The summed E-state index contributed by atoms with van der Waals surface area (Å²) in [6.07, 6.45) is -0.598. The first kappa shape index (κ1) is 36.6. The molecule has 224 valence electrons. The van der Waals surface area contributed by atoms with Crippen molar-refractivity contribution >= 4 is 53.1 Å². The third-order valence-corrected chi connectivity index (χ3v) is 5.82. The van der Waals surface area contributed by atoms with E-state index in [4.69, 9.17) is 36.0 Å². The van der Waals surface area contributed by atoms with Crippen molar-refractivity contribution in [2.45, 2.75) is 11.8 Å². The summed E-state index contributed by atoms with van der Waals surface area (Å²) in [5.41, 5.74) is -0.208. The van der Waals surface area contributed by atoms with Gasteiger partial charge in [0.2, 0.25) is 11.8 Å². The largest absolute Gasteiger partial charge is 0.481 e. The SMILES string of the molecule is CCOC(=O)c1ccccc1S(=O)(=O)NC(=O)Nc1nc(Cl)cc(OC)n1.CNC.O=C(O)CNCP(=O)(O)O. The maximum atomic E-state index is 12.5. The van der Waals surface area contributed by atoms with Gasteiger partial charge in [-0.05, 0) is 33.2 Å². The molecule has 20 heteroatoms. The Bertz CT molecular complexity index is 1290. The Morgan fingerprint density at radius 3 is 2.25 bits per heavy atom. The van der Waals surface area contributed by atoms with Gasteiger partial charge in [-0.3, -0.25) is 20.0 Å². The van der Waals surface area contributed by atoms with Crippen molar-refractivity contribution in [1.29, 1.82) is 0 Å². The summed E-state index contributed by atoms with van der Waals surface area (Å²) in [5, 5.41) is 14.9. The van der Waals surface area contributed by atoms with Gasteiger partial charge in [0, 0.05) is 6.07 Å². The molecule has 0 spiro atoms. The van der Waals surface area contributed by atoms with Crippen LogP contribution in [0.25, 0.3) is 0 Å². The lowest BCUT2D eigenvalue weighted by atomic mass is 10.2. The van der Waals surface area contributed by atoms with Crippen molar-refractivity contribution in [3.8, 4) is 5.88 Å². The fourth-order valence-corrected chi connectivity index (χ4v) is 3.93. The normalized spacial score (nSPS) is 10.6. The molecule has 7 N–H and O–H groups in total. The number of nitrogens with one attached hydrogen (secondary N) is 4. The van der Waals surface area contributed by atoms with Gasteiger partial charge in [-0.2, -0.15) is 4.98 Å². The van der Waals surface area contributed by atoms with Crippen LogP contribution in [0, 0.1) is 0 Å². The van der Waals surface area contributed by atoms with Gasteiger partial charge in [0.1, 0.15) is 10.0 Å². The number of benzene rings is 1. The number of esters is 1. The number of aliphatic carboxylic acids is 1. The Labute approximate surface area is 234 Å². The van der Waals surface area contributed by atoms with Crippen LogP contribution < -0.4 is 25.4 Å². The van der Waals surface area contributed by atoms with Gasteiger partial charge in [0.05, 0.1) is 32.1 Å². The molecule has 0 unspecified atom stereocenters. The lowest BCUT2D eigenvalue weighted by molar-refractivity contribution is -0.135. The van der Waals surface area contributed by atoms with Crippen molar-refractivity contribution in [1.82, 2.24) is 25.3 Å². The molecule has 0 aliphatic carbocycles. The van der Waals surface area contributed by atoms with E-state index in [1.54, 1.807) is 11.6 Å². The molecule has 0 aliphatic rings. The van der Waals surface area contributed by atoms with Crippen LogP contribution in [-0.4, -0.2) is 91.9 Å². The number of hydrogen-bond acceptors (Lipinski definition) is 12. The number of aromatic nitrogens is 2. The van der Waals surface area contributed by atoms with E-state index in [1.807, 2.05) is 14.1 Å². The predicted molar refractivity (Wildman–Crippen MR) is 143 cm³/mol. The second kappa shape index (κ2) is 18.1. The smallest absolute Gasteiger partial charge is 0.339 e. The molecule has 0 radical (unpaired) electrons. The van der Waals surface area contributed by atoms with Gasteiger partial charge >= 0.3 is 25.6 Å². The molecular weight excluding hydrogens is 599 g/mol. The lowest BCUT2D eigenvalue weighted by Crippen LogP contribution is -2.35. The molecule has 2 amide bonds. The first-order valence-corrected chi connectivity index (χ1v) is 14.5. The summed E-state index contributed by atoms with van der Waals surface area (Å²) in [5.74, 6) is -2.18. The number of carbonyl (C=O) groups is 3. The number of hydrogen-bond donors (Lipinski definition) is 7. The number of halogens is 1. The number of carboxylic acids is 1. The van der Waals surface area contributed by atoms with Crippen molar-refractivity contribution in [2.75, 3.05) is 46.0 Å². The van der Waals surface area contributed by atoms with E-state index in [1.165, 1.54) is 37.4 Å². The molecule has 40 heavy (non-hydrogen) atoms. The van der Waals surface area contributed by atoms with Crippen molar-refractivity contribution in [3.63, 3.8) is 0 Å². The predicted octanol–water partition coefficient (Wildman–Crippen LogP) is 0.457. The highest BCUT2D eigenvalue weighted by Gasteiger charge is 2.25. The molecule has 1 aromatic carbocycles. The highest BCUT2D eigenvalue weighted by Crippen LogP contribution is 2.31. The zero-order valence-electron chi connectivity index (χ0n) is 21.7. The Kier molecular flexibility index (Phi) is 16.5. The number of anilines is 1. The third-order valence-electron chi connectivity index (χ3n) is 3.60. The van der Waals surface area contributed by atoms with Gasteiger partial charge in [-0.25, -0.2) is 27.7 Å². The Morgan fingerprint density at radius 2 is 1.73 bits per heavy atom. The van der Waals surface area contributed by atoms with Crippen LogP contribution in [0.4, 0.5) is 10.7 Å². The Hall–Kier alpha value is -3.38. The maximum Gasteiger partial charge on any atom is 0.339 e. The monoisotopic (exact) mass is 628 g/mol. The van der Waals surface area contributed by atoms with Crippen LogP contribution in [0.2, 0.25) is 5.15 Å². The average molecular weight is 629 g/mol. The molecule has 2 aromatic rings. The number of rotatable bonds is 10. The number of urea groups is 1. The molecule has 0 saturated carbocycles. The minimum absolute atomic E-state index is 0.0207.